The van der Waals surface area contributed by atoms with Crippen LogP contribution in [0.25, 0.3) is 10.8 Å². The summed E-state index contributed by atoms with van der Waals surface area (Å²) in [6, 6.07) is 21.2. The van der Waals surface area contributed by atoms with Crippen molar-refractivity contribution in [3.8, 4) is 5.75 Å². The van der Waals surface area contributed by atoms with Gasteiger partial charge in [0.25, 0.3) is 0 Å². The summed E-state index contributed by atoms with van der Waals surface area (Å²) >= 11 is 0. The average molecular weight is 532 g/mol. The highest BCUT2D eigenvalue weighted by Crippen LogP contribution is 2.21. The lowest BCUT2D eigenvalue weighted by Crippen LogP contribution is -2.49. The van der Waals surface area contributed by atoms with Crippen LogP contribution < -0.4 is 10.5 Å². The summed E-state index contributed by atoms with van der Waals surface area (Å²) < 4.78 is 5.65. The number of para-hydroxylation sites is 1. The number of aliphatic hydroxyl groups is 1. The van der Waals surface area contributed by atoms with Crippen molar-refractivity contribution < 1.29 is 19.4 Å². The van der Waals surface area contributed by atoms with Gasteiger partial charge in [-0.05, 0) is 60.7 Å². The van der Waals surface area contributed by atoms with Gasteiger partial charge in [-0.25, -0.2) is 0 Å². The molecular weight excluding hydrogens is 490 g/mol. The van der Waals surface area contributed by atoms with Crippen LogP contribution in [0.5, 0.6) is 5.75 Å². The topological polar surface area (TPSA) is 96.1 Å². The molecule has 3 aromatic carbocycles. The minimum atomic E-state index is -0.680. The number of carbonyl (C=O) groups is 2. The van der Waals surface area contributed by atoms with E-state index in [-0.39, 0.29) is 25.0 Å². The Labute approximate surface area is 231 Å². The van der Waals surface area contributed by atoms with Gasteiger partial charge in [0.15, 0.2) is 0 Å². The maximum Gasteiger partial charge on any atom is 0.246 e. The number of fused-ring (bicyclic) bond motifs is 1. The van der Waals surface area contributed by atoms with Crippen LogP contribution in [0.15, 0.2) is 78.9 Å². The number of amides is 2. The van der Waals surface area contributed by atoms with E-state index >= 15 is 0 Å². The van der Waals surface area contributed by atoms with E-state index in [1.807, 2.05) is 68.4 Å². The summed E-state index contributed by atoms with van der Waals surface area (Å²) in [5.41, 5.74) is 7.56. The van der Waals surface area contributed by atoms with Gasteiger partial charge in [0.1, 0.15) is 18.4 Å². The summed E-state index contributed by atoms with van der Waals surface area (Å²) in [5.74, 6) is 0.315. The number of aliphatic hydroxyl groups excluding tert-OH is 1. The van der Waals surface area contributed by atoms with Crippen LogP contribution in [0, 0.1) is 0 Å². The van der Waals surface area contributed by atoms with Gasteiger partial charge in [-0.15, -0.1) is 0 Å². The van der Waals surface area contributed by atoms with Gasteiger partial charge in [-0.3, -0.25) is 9.59 Å². The molecule has 0 aliphatic heterocycles. The highest BCUT2D eigenvalue weighted by molar-refractivity contribution is 5.93. The minimum Gasteiger partial charge on any atom is -0.491 e. The highest BCUT2D eigenvalue weighted by atomic mass is 16.5. The Morgan fingerprint density at radius 3 is 2.44 bits per heavy atom. The third kappa shape index (κ3) is 8.94. The second-order valence-corrected chi connectivity index (χ2v) is 10.6. The van der Waals surface area contributed by atoms with Crippen LogP contribution in [-0.2, 0) is 22.4 Å². The molecule has 208 valence electrons. The predicted molar refractivity (Wildman–Crippen MR) is 157 cm³/mol. The van der Waals surface area contributed by atoms with E-state index < -0.39 is 11.6 Å². The van der Waals surface area contributed by atoms with Crippen molar-refractivity contribution >= 4 is 22.6 Å². The van der Waals surface area contributed by atoms with Crippen LogP contribution in [0.4, 0.5) is 0 Å². The van der Waals surface area contributed by atoms with E-state index in [1.165, 1.54) is 11.0 Å². The largest absolute Gasteiger partial charge is 0.491 e. The summed E-state index contributed by atoms with van der Waals surface area (Å²) in [5, 5.41) is 11.3. The van der Waals surface area contributed by atoms with Crippen LogP contribution in [0.2, 0.25) is 0 Å². The number of likely N-dealkylation sites (N-methyl/N-ethyl adjacent to an activating group) is 2. The first-order chi connectivity index (χ1) is 18.6. The fraction of sp³-hybridized carbons (Fsp3) is 0.375. The van der Waals surface area contributed by atoms with Crippen molar-refractivity contribution in [3.63, 3.8) is 0 Å². The number of hydrogen-bond acceptors (Lipinski definition) is 5. The molecule has 1 atom stereocenters. The normalized spacial score (nSPS) is 12.5. The lowest BCUT2D eigenvalue weighted by atomic mass is 9.99. The summed E-state index contributed by atoms with van der Waals surface area (Å²) in [6.45, 7) is 4.40. The summed E-state index contributed by atoms with van der Waals surface area (Å²) in [4.78, 5) is 30.1. The highest BCUT2D eigenvalue weighted by Gasteiger charge is 2.29. The average Bonchev–Trinajstić information content (AvgIpc) is 2.92. The molecule has 0 aromatic heterocycles. The second-order valence-electron chi connectivity index (χ2n) is 10.6. The fourth-order valence-electron chi connectivity index (χ4n) is 4.37. The van der Waals surface area contributed by atoms with Crippen molar-refractivity contribution in [2.45, 2.75) is 44.7 Å². The number of hydrogen-bond donors (Lipinski definition) is 2. The van der Waals surface area contributed by atoms with Gasteiger partial charge < -0.3 is 25.4 Å². The van der Waals surface area contributed by atoms with Crippen molar-refractivity contribution in [1.29, 1.82) is 0 Å². The van der Waals surface area contributed by atoms with Crippen LogP contribution in [0.1, 0.15) is 31.4 Å². The van der Waals surface area contributed by atoms with Crippen LogP contribution >= 0.6 is 0 Å². The lowest BCUT2D eigenvalue weighted by Gasteiger charge is -2.31. The lowest BCUT2D eigenvalue weighted by molar-refractivity contribution is -0.141. The molecule has 3 aromatic rings. The molecule has 0 fully saturated rings. The molecule has 0 aliphatic rings. The van der Waals surface area contributed by atoms with Gasteiger partial charge in [0.05, 0.1) is 6.61 Å². The molecule has 39 heavy (non-hydrogen) atoms. The molecule has 1 unspecified atom stereocenters. The zero-order valence-corrected chi connectivity index (χ0v) is 23.5. The maximum atomic E-state index is 13.8. The molecule has 7 heteroatoms. The molecule has 0 radical (unpaired) electrons. The van der Waals surface area contributed by atoms with E-state index in [2.05, 4.69) is 12.1 Å². The first kappa shape index (κ1) is 29.9. The molecular formula is C32H41N3O4. The van der Waals surface area contributed by atoms with Gasteiger partial charge in [-0.2, -0.15) is 0 Å². The zero-order chi connectivity index (χ0) is 28.4. The monoisotopic (exact) mass is 531 g/mol. The number of benzene rings is 3. The van der Waals surface area contributed by atoms with E-state index in [9.17, 15) is 9.59 Å². The van der Waals surface area contributed by atoms with E-state index in [0.29, 0.717) is 31.6 Å². The number of nitrogens with two attached hydrogens (primary N) is 1. The van der Waals surface area contributed by atoms with Crippen LogP contribution in [-0.4, -0.2) is 72.2 Å². The van der Waals surface area contributed by atoms with Crippen molar-refractivity contribution in [3.05, 3.63) is 90.0 Å². The van der Waals surface area contributed by atoms with Gasteiger partial charge in [0.2, 0.25) is 11.8 Å². The molecule has 2 amide bonds. The molecule has 0 saturated heterocycles. The van der Waals surface area contributed by atoms with Crippen molar-refractivity contribution in [2.24, 2.45) is 5.73 Å². The first-order valence-electron chi connectivity index (χ1n) is 13.4. The fourth-order valence-corrected chi connectivity index (χ4v) is 4.37. The SMILES string of the molecule is CN(CCc1ccccc1OCCO)C(=O)C(Cc1ccc2ccccc2c1)N(C)C(=O)/C=C/CC(C)(C)N. The molecule has 0 spiro atoms. The predicted octanol–water partition coefficient (Wildman–Crippen LogP) is 3.97. The van der Waals surface area contributed by atoms with Crippen molar-refractivity contribution in [2.75, 3.05) is 33.9 Å². The number of ether oxygens (including phenoxy) is 1. The van der Waals surface area contributed by atoms with Crippen molar-refractivity contribution in [1.82, 2.24) is 9.80 Å². The molecule has 0 aliphatic carbocycles. The smallest absolute Gasteiger partial charge is 0.246 e. The van der Waals surface area contributed by atoms with Gasteiger partial charge in [0, 0.05) is 32.6 Å². The van der Waals surface area contributed by atoms with E-state index in [1.54, 1.807) is 25.1 Å². The molecule has 0 saturated carbocycles. The zero-order valence-electron chi connectivity index (χ0n) is 23.5. The number of nitrogens with zero attached hydrogens (tertiary/aromatic N) is 2. The molecule has 0 heterocycles. The molecule has 3 rings (SSSR count). The minimum absolute atomic E-state index is 0.0687. The maximum absolute atomic E-state index is 13.8. The Kier molecular flexibility index (Phi) is 10.7. The Morgan fingerprint density at radius 2 is 1.72 bits per heavy atom. The number of carbonyl (C=O) groups excluding carboxylic acids is 2. The van der Waals surface area contributed by atoms with Crippen LogP contribution in [0.3, 0.4) is 0 Å². The molecule has 7 nitrogen and oxygen atoms in total. The Morgan fingerprint density at radius 1 is 1.03 bits per heavy atom. The Balaban J connectivity index is 1.80. The summed E-state index contributed by atoms with van der Waals surface area (Å²) in [7, 11) is 3.44. The Bertz CT molecular complexity index is 1280. The quantitative estimate of drug-likeness (QED) is 0.326. The van der Waals surface area contributed by atoms with E-state index in [4.69, 9.17) is 15.6 Å². The molecule has 0 bridgehead atoms. The third-order valence-corrected chi connectivity index (χ3v) is 6.66. The standard InChI is InChI=1S/C32H41N3O4/c1-32(2,33)18-9-14-30(37)35(4)28(23-24-15-16-25-10-5-6-12-27(25)22-24)31(38)34(3)19-17-26-11-7-8-13-29(26)39-21-20-36/h5-16,22,28,36H,17-21,23,33H2,1-4H3/b14-9+. The molecule has 3 N–H and O–H groups in total. The Hall–Kier alpha value is -3.68. The summed E-state index contributed by atoms with van der Waals surface area (Å²) in [6.07, 6.45) is 4.79. The third-order valence-electron chi connectivity index (χ3n) is 6.66. The second kappa shape index (κ2) is 13.9. The van der Waals surface area contributed by atoms with E-state index in [0.717, 1.165) is 21.9 Å². The van der Waals surface area contributed by atoms with Gasteiger partial charge >= 0.3 is 0 Å². The first-order valence-corrected chi connectivity index (χ1v) is 13.4. The number of rotatable bonds is 13. The van der Waals surface area contributed by atoms with Gasteiger partial charge in [-0.1, -0.05) is 66.7 Å².